The largest absolute Gasteiger partial charge is 0.332 e. The van der Waals surface area contributed by atoms with E-state index >= 15 is 0 Å². The maximum absolute atomic E-state index is 13.0. The van der Waals surface area contributed by atoms with Gasteiger partial charge in [0, 0.05) is 11.6 Å². The zero-order valence-electron chi connectivity index (χ0n) is 14.6. The topological polar surface area (TPSA) is 86.7 Å². The van der Waals surface area contributed by atoms with Gasteiger partial charge in [-0.1, -0.05) is 47.6 Å². The molecule has 0 aliphatic carbocycles. The van der Waals surface area contributed by atoms with Gasteiger partial charge < -0.3 is 4.52 Å². The van der Waals surface area contributed by atoms with Crippen molar-refractivity contribution in [2.75, 3.05) is 0 Å². The van der Waals surface area contributed by atoms with Crippen molar-refractivity contribution in [2.45, 2.75) is 0 Å². The summed E-state index contributed by atoms with van der Waals surface area (Å²) >= 11 is 0. The second kappa shape index (κ2) is 6.55. The van der Waals surface area contributed by atoms with E-state index in [-0.39, 0.29) is 11.4 Å². The standard InChI is InChI=1S/C21H13N5O2/c27-21-16-11-5-4-10-15(16)18(24-26(21)14-8-2-1-3-9-14)20-23-19(25-28-20)17-12-6-7-13-22-17/h1-13H. The molecule has 134 valence electrons. The van der Waals surface area contributed by atoms with Gasteiger partial charge in [0.05, 0.1) is 11.1 Å². The average molecular weight is 367 g/mol. The molecule has 0 atom stereocenters. The molecule has 0 unspecified atom stereocenters. The molecule has 0 aliphatic heterocycles. The number of para-hydroxylation sites is 1. The Kier molecular flexibility index (Phi) is 3.76. The number of pyridine rings is 1. The second-order valence-electron chi connectivity index (χ2n) is 6.08. The molecular weight excluding hydrogens is 354 g/mol. The molecule has 2 aromatic carbocycles. The molecule has 0 fully saturated rings. The maximum atomic E-state index is 13.0. The number of aromatic nitrogens is 5. The van der Waals surface area contributed by atoms with Gasteiger partial charge in [0.25, 0.3) is 11.4 Å². The zero-order chi connectivity index (χ0) is 18.9. The van der Waals surface area contributed by atoms with Crippen LogP contribution in [-0.4, -0.2) is 24.9 Å². The fourth-order valence-corrected chi connectivity index (χ4v) is 3.01. The van der Waals surface area contributed by atoms with Gasteiger partial charge in [-0.05, 0) is 30.3 Å². The van der Waals surface area contributed by atoms with Crippen LogP contribution in [0.3, 0.4) is 0 Å². The highest BCUT2D eigenvalue weighted by Crippen LogP contribution is 2.25. The fraction of sp³-hybridized carbons (Fsp3) is 0. The molecule has 0 radical (unpaired) electrons. The summed E-state index contributed by atoms with van der Waals surface area (Å²) in [5, 5.41) is 9.73. The quantitative estimate of drug-likeness (QED) is 0.485. The number of benzene rings is 2. The zero-order valence-corrected chi connectivity index (χ0v) is 14.6. The molecule has 0 saturated carbocycles. The van der Waals surface area contributed by atoms with E-state index in [4.69, 9.17) is 4.52 Å². The van der Waals surface area contributed by atoms with Crippen LogP contribution in [0.1, 0.15) is 0 Å². The summed E-state index contributed by atoms with van der Waals surface area (Å²) in [5.74, 6) is 0.584. The van der Waals surface area contributed by atoms with Crippen molar-refractivity contribution in [2.24, 2.45) is 0 Å². The first-order valence-corrected chi connectivity index (χ1v) is 8.64. The van der Waals surface area contributed by atoms with Crippen molar-refractivity contribution in [3.63, 3.8) is 0 Å². The molecule has 0 N–H and O–H groups in total. The van der Waals surface area contributed by atoms with E-state index in [0.29, 0.717) is 33.7 Å². The predicted octanol–water partition coefficient (Wildman–Crippen LogP) is 3.50. The Morgan fingerprint density at radius 2 is 1.57 bits per heavy atom. The van der Waals surface area contributed by atoms with Crippen molar-refractivity contribution in [1.82, 2.24) is 24.9 Å². The highest BCUT2D eigenvalue weighted by atomic mass is 16.5. The van der Waals surface area contributed by atoms with Crippen LogP contribution < -0.4 is 5.56 Å². The molecule has 7 heteroatoms. The second-order valence-corrected chi connectivity index (χ2v) is 6.08. The molecular formula is C21H13N5O2. The van der Waals surface area contributed by atoms with Crippen LogP contribution in [0.25, 0.3) is 39.6 Å². The third-order valence-corrected chi connectivity index (χ3v) is 4.33. The van der Waals surface area contributed by atoms with Crippen molar-refractivity contribution in [1.29, 1.82) is 0 Å². The Labute approximate surface area is 158 Å². The third-order valence-electron chi connectivity index (χ3n) is 4.33. The van der Waals surface area contributed by atoms with E-state index in [2.05, 4.69) is 20.2 Å². The number of fused-ring (bicyclic) bond motifs is 1. The molecule has 5 aromatic rings. The van der Waals surface area contributed by atoms with E-state index in [9.17, 15) is 4.79 Å². The molecule has 7 nitrogen and oxygen atoms in total. The predicted molar refractivity (Wildman–Crippen MR) is 104 cm³/mol. The number of hydrogen-bond acceptors (Lipinski definition) is 6. The summed E-state index contributed by atoms with van der Waals surface area (Å²) in [6.07, 6.45) is 1.66. The van der Waals surface area contributed by atoms with E-state index in [0.717, 1.165) is 0 Å². The molecule has 5 rings (SSSR count). The molecule has 0 bridgehead atoms. The van der Waals surface area contributed by atoms with Crippen LogP contribution in [-0.2, 0) is 0 Å². The first kappa shape index (κ1) is 16.1. The minimum absolute atomic E-state index is 0.213. The van der Waals surface area contributed by atoms with Crippen LogP contribution in [0.15, 0.2) is 88.3 Å². The summed E-state index contributed by atoms with van der Waals surface area (Å²) in [4.78, 5) is 21.6. The van der Waals surface area contributed by atoms with Crippen LogP contribution in [0.5, 0.6) is 0 Å². The Hall–Kier alpha value is -4.13. The highest BCUT2D eigenvalue weighted by Gasteiger charge is 2.19. The lowest BCUT2D eigenvalue weighted by Gasteiger charge is -2.08. The monoisotopic (exact) mass is 367 g/mol. The minimum Gasteiger partial charge on any atom is -0.332 e. The maximum Gasteiger partial charge on any atom is 0.279 e. The molecule has 0 amide bonds. The summed E-state index contributed by atoms with van der Waals surface area (Å²) in [7, 11) is 0. The van der Waals surface area contributed by atoms with Crippen LogP contribution in [0, 0.1) is 0 Å². The lowest BCUT2D eigenvalue weighted by atomic mass is 10.1. The fourth-order valence-electron chi connectivity index (χ4n) is 3.01. The van der Waals surface area contributed by atoms with E-state index in [1.807, 2.05) is 60.7 Å². The van der Waals surface area contributed by atoms with Crippen LogP contribution >= 0.6 is 0 Å². The van der Waals surface area contributed by atoms with E-state index < -0.39 is 0 Å². The van der Waals surface area contributed by atoms with Gasteiger partial charge in [-0.3, -0.25) is 9.78 Å². The van der Waals surface area contributed by atoms with E-state index in [1.165, 1.54) is 4.68 Å². The first-order chi connectivity index (χ1) is 13.8. The van der Waals surface area contributed by atoms with Gasteiger partial charge in [-0.15, -0.1) is 0 Å². The first-order valence-electron chi connectivity index (χ1n) is 8.64. The molecule has 28 heavy (non-hydrogen) atoms. The SMILES string of the molecule is O=c1c2ccccc2c(-c2nc(-c3ccccn3)no2)nn1-c1ccccc1. The van der Waals surface area contributed by atoms with Crippen molar-refractivity contribution in [3.05, 3.63) is 89.3 Å². The van der Waals surface area contributed by atoms with Crippen LogP contribution in [0.2, 0.25) is 0 Å². The molecule has 0 aliphatic rings. The summed E-state index contributed by atoms with van der Waals surface area (Å²) < 4.78 is 6.81. The Morgan fingerprint density at radius 3 is 2.36 bits per heavy atom. The molecule has 0 spiro atoms. The Bertz CT molecular complexity index is 1330. The molecule has 3 heterocycles. The van der Waals surface area contributed by atoms with Gasteiger partial charge in [-0.2, -0.15) is 14.8 Å². The summed E-state index contributed by atoms with van der Waals surface area (Å²) in [5.41, 5.74) is 1.48. The Morgan fingerprint density at radius 1 is 0.821 bits per heavy atom. The van der Waals surface area contributed by atoms with Gasteiger partial charge in [0.1, 0.15) is 5.69 Å². The van der Waals surface area contributed by atoms with Crippen molar-refractivity contribution < 1.29 is 4.52 Å². The van der Waals surface area contributed by atoms with E-state index in [1.54, 1.807) is 18.3 Å². The van der Waals surface area contributed by atoms with Gasteiger partial charge >= 0.3 is 0 Å². The minimum atomic E-state index is -0.213. The van der Waals surface area contributed by atoms with Crippen LogP contribution in [0.4, 0.5) is 0 Å². The molecule has 0 saturated heterocycles. The number of rotatable bonds is 3. The number of nitrogens with zero attached hydrogens (tertiary/aromatic N) is 5. The van der Waals surface area contributed by atoms with Crippen molar-refractivity contribution >= 4 is 10.8 Å². The summed E-state index contributed by atoms with van der Waals surface area (Å²) in [6.45, 7) is 0. The normalized spacial score (nSPS) is 11.0. The number of hydrogen-bond donors (Lipinski definition) is 0. The molecule has 3 aromatic heterocycles. The smallest absolute Gasteiger partial charge is 0.279 e. The lowest BCUT2D eigenvalue weighted by Crippen LogP contribution is -2.22. The highest BCUT2D eigenvalue weighted by molar-refractivity contribution is 5.92. The van der Waals surface area contributed by atoms with Crippen molar-refractivity contribution in [3.8, 4) is 28.8 Å². The Balaban J connectivity index is 1.75. The third kappa shape index (κ3) is 2.66. The van der Waals surface area contributed by atoms with Gasteiger partial charge in [0.2, 0.25) is 5.82 Å². The van der Waals surface area contributed by atoms with Gasteiger partial charge in [0.15, 0.2) is 5.69 Å². The van der Waals surface area contributed by atoms with Gasteiger partial charge in [-0.25, -0.2) is 0 Å². The lowest BCUT2D eigenvalue weighted by molar-refractivity contribution is 0.430. The summed E-state index contributed by atoms with van der Waals surface area (Å²) in [6, 6.07) is 21.9. The average Bonchev–Trinajstić information content (AvgIpc) is 3.26.